The predicted molar refractivity (Wildman–Crippen MR) is 96.6 cm³/mol. The number of aromatic nitrogens is 1. The van der Waals surface area contributed by atoms with Crippen molar-refractivity contribution in [2.45, 2.75) is 50.9 Å². The van der Waals surface area contributed by atoms with Gasteiger partial charge in [-0.3, -0.25) is 4.90 Å². The number of carbonyl (C=O) groups excluding carboxylic acids is 1. The molecule has 2 atom stereocenters. The number of hydrogen-bond acceptors (Lipinski definition) is 3. The minimum absolute atomic E-state index is 0.196. The first kappa shape index (κ1) is 15.4. The van der Waals surface area contributed by atoms with Gasteiger partial charge in [-0.2, -0.15) is 0 Å². The Morgan fingerprint density at radius 1 is 1.33 bits per heavy atom. The van der Waals surface area contributed by atoms with Crippen molar-refractivity contribution in [2.24, 2.45) is 0 Å². The molecule has 0 unspecified atom stereocenters. The zero-order valence-electron chi connectivity index (χ0n) is 14.1. The van der Waals surface area contributed by atoms with Crippen molar-refractivity contribution in [3.05, 3.63) is 36.0 Å². The van der Waals surface area contributed by atoms with Crippen molar-refractivity contribution in [3.8, 4) is 0 Å². The van der Waals surface area contributed by atoms with Crippen LogP contribution in [-0.4, -0.2) is 38.3 Å². The van der Waals surface area contributed by atoms with Gasteiger partial charge in [0.2, 0.25) is 0 Å². The number of rotatable bonds is 2. The number of ether oxygens (including phenoxy) is 1. The zero-order chi connectivity index (χ0) is 17.1. The molecule has 126 valence electrons. The van der Waals surface area contributed by atoms with Crippen molar-refractivity contribution in [1.29, 1.82) is 0 Å². The summed E-state index contributed by atoms with van der Waals surface area (Å²) in [6, 6.07) is 7.70. The van der Waals surface area contributed by atoms with E-state index in [9.17, 15) is 4.79 Å². The second kappa shape index (κ2) is 4.96. The smallest absolute Gasteiger partial charge is 0.331 e. The number of nitrogens with zero attached hydrogens (tertiary/aromatic N) is 1. The summed E-state index contributed by atoms with van der Waals surface area (Å²) < 4.78 is 5.78. The van der Waals surface area contributed by atoms with E-state index in [4.69, 9.17) is 17.0 Å². The maximum absolute atomic E-state index is 12.6. The van der Waals surface area contributed by atoms with Gasteiger partial charge >= 0.3 is 5.97 Å². The number of para-hydroxylation sites is 1. The van der Waals surface area contributed by atoms with Gasteiger partial charge in [0, 0.05) is 35.5 Å². The van der Waals surface area contributed by atoms with E-state index in [1.165, 1.54) is 0 Å². The van der Waals surface area contributed by atoms with Crippen LogP contribution in [0.25, 0.3) is 10.9 Å². The van der Waals surface area contributed by atoms with Gasteiger partial charge in [-0.1, -0.05) is 18.2 Å². The third-order valence-corrected chi connectivity index (χ3v) is 5.23. The number of H-pyrrole nitrogens is 1. The van der Waals surface area contributed by atoms with Gasteiger partial charge in [0.25, 0.3) is 0 Å². The highest BCUT2D eigenvalue weighted by Crippen LogP contribution is 2.40. The molecule has 5 nitrogen and oxygen atoms in total. The lowest BCUT2D eigenvalue weighted by Gasteiger charge is -2.48. The molecule has 0 radical (unpaired) electrons. The summed E-state index contributed by atoms with van der Waals surface area (Å²) in [6.07, 6.45) is 3.23. The number of carbonyl (C=O) groups is 1. The van der Waals surface area contributed by atoms with E-state index in [2.05, 4.69) is 30.2 Å². The number of esters is 1. The van der Waals surface area contributed by atoms with Gasteiger partial charge in [-0.15, -0.1) is 0 Å². The van der Waals surface area contributed by atoms with Crippen molar-refractivity contribution >= 4 is 34.2 Å². The molecule has 2 N–H and O–H groups in total. The summed E-state index contributed by atoms with van der Waals surface area (Å²) in [4.78, 5) is 17.8. The highest BCUT2D eigenvalue weighted by molar-refractivity contribution is 7.80. The molecule has 6 heteroatoms. The average molecular weight is 343 g/mol. The monoisotopic (exact) mass is 343 g/mol. The third kappa shape index (κ3) is 2.28. The maximum atomic E-state index is 12.6. The zero-order valence-corrected chi connectivity index (χ0v) is 14.9. The van der Waals surface area contributed by atoms with Crippen LogP contribution >= 0.6 is 12.2 Å². The van der Waals surface area contributed by atoms with E-state index in [1.807, 2.05) is 36.2 Å². The summed E-state index contributed by atoms with van der Waals surface area (Å²) in [7, 11) is 0. The van der Waals surface area contributed by atoms with Crippen LogP contribution < -0.4 is 5.32 Å². The lowest BCUT2D eigenvalue weighted by Crippen LogP contribution is -2.66. The fourth-order valence-corrected chi connectivity index (χ4v) is 4.74. The van der Waals surface area contributed by atoms with Gasteiger partial charge < -0.3 is 15.0 Å². The Bertz CT molecular complexity index is 844. The topological polar surface area (TPSA) is 57.4 Å². The van der Waals surface area contributed by atoms with Crippen LogP contribution in [0.5, 0.6) is 0 Å². The van der Waals surface area contributed by atoms with Crippen LogP contribution in [0.3, 0.4) is 0 Å². The lowest BCUT2D eigenvalue weighted by atomic mass is 9.89. The Morgan fingerprint density at radius 2 is 2.08 bits per heavy atom. The summed E-state index contributed by atoms with van der Waals surface area (Å²) in [5, 5.41) is 5.06. The molecular formula is C18H21N3O2S. The Kier molecular flexibility index (Phi) is 3.19. The van der Waals surface area contributed by atoms with Crippen LogP contribution in [-0.2, 0) is 16.0 Å². The summed E-state index contributed by atoms with van der Waals surface area (Å²) in [6.45, 7) is 6.10. The fourth-order valence-electron chi connectivity index (χ4n) is 4.14. The molecular weight excluding hydrogens is 322 g/mol. The van der Waals surface area contributed by atoms with Crippen molar-refractivity contribution in [2.75, 3.05) is 0 Å². The molecule has 2 aromatic rings. The molecule has 0 saturated carbocycles. The summed E-state index contributed by atoms with van der Waals surface area (Å²) in [5.74, 6) is -0.204. The van der Waals surface area contributed by atoms with Gasteiger partial charge in [0.05, 0.1) is 0 Å². The number of benzene rings is 1. The molecule has 3 heterocycles. The first-order chi connectivity index (χ1) is 11.3. The van der Waals surface area contributed by atoms with Gasteiger partial charge in [0.15, 0.2) is 10.8 Å². The van der Waals surface area contributed by atoms with Crippen molar-refractivity contribution < 1.29 is 9.53 Å². The normalized spacial score (nSPS) is 28.6. The number of hydrogen-bond donors (Lipinski definition) is 2. The van der Waals surface area contributed by atoms with Gasteiger partial charge in [-0.05, 0) is 44.6 Å². The molecule has 0 spiro atoms. The van der Waals surface area contributed by atoms with E-state index in [0.29, 0.717) is 18.0 Å². The first-order valence-electron chi connectivity index (χ1n) is 8.18. The minimum atomic E-state index is -0.681. The highest BCUT2D eigenvalue weighted by atomic mass is 32.1. The highest BCUT2D eigenvalue weighted by Gasteiger charge is 2.56. The lowest BCUT2D eigenvalue weighted by molar-refractivity contribution is -0.153. The average Bonchev–Trinajstić information content (AvgIpc) is 2.97. The molecule has 0 amide bonds. The van der Waals surface area contributed by atoms with E-state index >= 15 is 0 Å². The Morgan fingerprint density at radius 3 is 2.88 bits per heavy atom. The molecule has 2 aliphatic rings. The number of fused-ring (bicyclic) bond motifs is 2. The van der Waals surface area contributed by atoms with Gasteiger partial charge in [-0.25, -0.2) is 4.79 Å². The molecule has 2 aliphatic heterocycles. The second-order valence-corrected chi connectivity index (χ2v) is 7.92. The Hall–Kier alpha value is -2.08. The molecule has 0 bridgehead atoms. The SMILES string of the molecule is CC1(C)C[C@]2(C)OC(=O)[C@@H](Cc3c[nH]c4ccccc34)N2C(=S)N1. The van der Waals surface area contributed by atoms with Crippen molar-refractivity contribution in [1.82, 2.24) is 15.2 Å². The maximum Gasteiger partial charge on any atom is 0.331 e. The molecule has 1 aromatic carbocycles. The van der Waals surface area contributed by atoms with Crippen LogP contribution in [0.2, 0.25) is 0 Å². The fraction of sp³-hybridized carbons (Fsp3) is 0.444. The third-order valence-electron chi connectivity index (χ3n) is 4.94. The quantitative estimate of drug-likeness (QED) is 0.649. The largest absolute Gasteiger partial charge is 0.437 e. The summed E-state index contributed by atoms with van der Waals surface area (Å²) >= 11 is 5.56. The summed E-state index contributed by atoms with van der Waals surface area (Å²) in [5.41, 5.74) is 1.30. The molecule has 24 heavy (non-hydrogen) atoms. The molecule has 2 saturated heterocycles. The first-order valence-corrected chi connectivity index (χ1v) is 8.59. The van der Waals surface area contributed by atoms with Gasteiger partial charge in [0.1, 0.15) is 6.04 Å². The molecule has 2 fully saturated rings. The Labute approximate surface area is 146 Å². The predicted octanol–water partition coefficient (Wildman–Crippen LogP) is 2.71. The van der Waals surface area contributed by atoms with Crippen LogP contribution in [0, 0.1) is 0 Å². The van der Waals surface area contributed by atoms with Crippen LogP contribution in [0.15, 0.2) is 30.5 Å². The number of nitrogens with one attached hydrogen (secondary N) is 2. The van der Waals surface area contributed by atoms with Crippen molar-refractivity contribution in [3.63, 3.8) is 0 Å². The standard InChI is InChI=1S/C18H21N3O2S/c1-17(2)10-18(3)21(16(24)20-17)14(15(22)23-18)8-11-9-19-13-7-5-4-6-12(11)13/h4-7,9,14,19H,8,10H2,1-3H3,(H,20,24)/t14-,18+/m1/s1. The number of thiocarbonyl (C=S) groups is 1. The van der Waals surface area contributed by atoms with Crippen LogP contribution in [0.1, 0.15) is 32.8 Å². The second-order valence-electron chi connectivity index (χ2n) is 7.54. The molecule has 1 aromatic heterocycles. The van der Waals surface area contributed by atoms with E-state index in [-0.39, 0.29) is 11.5 Å². The van der Waals surface area contributed by atoms with E-state index in [1.54, 1.807) is 0 Å². The molecule has 0 aliphatic carbocycles. The Balaban J connectivity index is 1.69. The minimum Gasteiger partial charge on any atom is -0.437 e. The van der Waals surface area contributed by atoms with E-state index in [0.717, 1.165) is 16.5 Å². The molecule has 4 rings (SSSR count). The van der Waals surface area contributed by atoms with Crippen LogP contribution in [0.4, 0.5) is 0 Å². The van der Waals surface area contributed by atoms with E-state index < -0.39 is 11.8 Å². The number of aromatic amines is 1.